The van der Waals surface area contributed by atoms with E-state index in [0.717, 1.165) is 44.9 Å². The van der Waals surface area contributed by atoms with E-state index in [9.17, 15) is 61.0 Å². The van der Waals surface area contributed by atoms with E-state index >= 15 is 0 Å². The van der Waals surface area contributed by atoms with Crippen molar-refractivity contribution in [3.63, 3.8) is 0 Å². The second-order valence-electron chi connectivity index (χ2n) is 23.5. The Balaban J connectivity index is 0.972. The Bertz CT molecular complexity index is 1790. The number of aliphatic hydroxyl groups excluding tert-OH is 10. The second kappa shape index (κ2) is 18.0. The molecule has 0 bridgehead atoms. The van der Waals surface area contributed by atoms with E-state index in [1.807, 2.05) is 0 Å². The first-order chi connectivity index (χ1) is 30.8. The normalized spacial score (nSPS) is 53.3. The van der Waals surface area contributed by atoms with Gasteiger partial charge in [0.2, 0.25) is 0 Å². The van der Waals surface area contributed by atoms with Crippen LogP contribution in [0.4, 0.5) is 0 Å². The van der Waals surface area contributed by atoms with Gasteiger partial charge in [0.15, 0.2) is 18.9 Å². The van der Waals surface area contributed by atoms with Crippen LogP contribution in [0.5, 0.6) is 0 Å². The van der Waals surface area contributed by atoms with Crippen molar-refractivity contribution in [3.05, 3.63) is 11.6 Å². The number of carbonyl (C=O) groups is 1. The first kappa shape index (κ1) is 50.9. The molecule has 0 spiro atoms. The van der Waals surface area contributed by atoms with Gasteiger partial charge in [0.1, 0.15) is 73.2 Å². The number of fused-ring (bicyclic) bond motifs is 7. The Morgan fingerprint density at radius 3 is 1.82 bits per heavy atom. The summed E-state index contributed by atoms with van der Waals surface area (Å²) in [6.45, 7) is 14.2. The Labute approximate surface area is 387 Å². The monoisotopic (exact) mass is 943 g/mol. The Morgan fingerprint density at radius 2 is 1.20 bits per heavy atom. The maximum absolute atomic E-state index is 13.1. The third kappa shape index (κ3) is 7.96. The molecule has 0 aromatic carbocycles. The molecule has 11 N–H and O–H groups in total. The Kier molecular flexibility index (Phi) is 13.9. The Morgan fingerprint density at radius 1 is 0.636 bits per heavy atom. The van der Waals surface area contributed by atoms with E-state index in [4.69, 9.17) is 28.4 Å². The quantitative estimate of drug-likeness (QED) is 0.106. The zero-order valence-electron chi connectivity index (χ0n) is 39.5. The lowest BCUT2D eigenvalue weighted by Gasteiger charge is -2.71. The van der Waals surface area contributed by atoms with Gasteiger partial charge in [-0.25, -0.2) is 0 Å². The number of hydrogen-bond donors (Lipinski definition) is 11. The van der Waals surface area contributed by atoms with Crippen LogP contribution in [0.2, 0.25) is 0 Å². The number of ether oxygens (including phenoxy) is 6. The maximum Gasteiger partial charge on any atom is 0.310 e. The molecule has 23 atom stereocenters. The summed E-state index contributed by atoms with van der Waals surface area (Å²) in [5, 5.41) is 117. The molecule has 0 unspecified atom stereocenters. The summed E-state index contributed by atoms with van der Waals surface area (Å²) in [6.07, 6.45) is -14.3. The van der Waals surface area contributed by atoms with Crippen molar-refractivity contribution in [1.82, 2.24) is 0 Å². The average molecular weight is 943 g/mol. The summed E-state index contributed by atoms with van der Waals surface area (Å²) in [5.74, 6) is -0.0891. The molecule has 7 fully saturated rings. The van der Waals surface area contributed by atoms with Gasteiger partial charge in [0.05, 0.1) is 31.3 Å². The maximum atomic E-state index is 13.1. The van der Waals surface area contributed by atoms with Gasteiger partial charge in [-0.1, -0.05) is 60.1 Å². The molecule has 66 heavy (non-hydrogen) atoms. The summed E-state index contributed by atoms with van der Waals surface area (Å²) >= 11 is 0. The van der Waals surface area contributed by atoms with Crippen molar-refractivity contribution in [2.24, 2.45) is 50.2 Å². The van der Waals surface area contributed by atoms with Gasteiger partial charge in [-0.05, 0) is 109 Å². The number of rotatable bonds is 10. The molecule has 378 valence electrons. The minimum Gasteiger partial charge on any atom is -0.481 e. The van der Waals surface area contributed by atoms with Crippen LogP contribution in [0.15, 0.2) is 11.6 Å². The fourth-order valence-electron chi connectivity index (χ4n) is 15.0. The molecule has 18 nitrogen and oxygen atoms in total. The van der Waals surface area contributed by atoms with Crippen LogP contribution in [0.25, 0.3) is 0 Å². The number of carboxylic acids is 1. The fourth-order valence-corrected chi connectivity index (χ4v) is 15.0. The number of aliphatic hydroxyl groups is 10. The average Bonchev–Trinajstić information content (AvgIpc) is 3.26. The lowest BCUT2D eigenvalue weighted by atomic mass is 9.33. The summed E-state index contributed by atoms with van der Waals surface area (Å²) in [7, 11) is 0. The third-order valence-corrected chi connectivity index (χ3v) is 19.4. The zero-order chi connectivity index (χ0) is 48.3. The van der Waals surface area contributed by atoms with Gasteiger partial charge in [0.25, 0.3) is 0 Å². The van der Waals surface area contributed by atoms with Crippen molar-refractivity contribution in [2.45, 2.75) is 211 Å². The first-order valence-corrected chi connectivity index (χ1v) is 24.3. The molecule has 8 aliphatic rings. The highest BCUT2D eigenvalue weighted by Crippen LogP contribution is 2.76. The zero-order valence-corrected chi connectivity index (χ0v) is 39.5. The first-order valence-electron chi connectivity index (χ1n) is 24.3. The van der Waals surface area contributed by atoms with Crippen LogP contribution < -0.4 is 0 Å². The highest BCUT2D eigenvalue weighted by atomic mass is 16.8. The minimum absolute atomic E-state index is 0.0184. The standard InChI is InChI=1S/C48H78O18/c1-43(2)14-16-48(42(59)60)17-15-46(6)22(23(48)18-43)8-9-28-45(5)12-11-29(44(3,4)27(45)10-13-47(28,46)7)65-39-36(57)34(55)32(53)26(64-39)21-61-41-38(35(56)31(52)25(20-50)63-41)66-40-37(58)33(54)30(51)24(19-49)62-40/h8,23-41,49-58H,9-21H2,1-7H3,(H,59,60)/t23-,24+,25+,26+,27-,28+,29-,30+,31+,32+,33-,34-,35-,36+,37+,38+,39-,40-,41+,45-,46+,47+,48-/m0/s1. The van der Waals surface area contributed by atoms with E-state index in [1.54, 1.807) is 0 Å². The number of aliphatic carboxylic acids is 1. The number of hydrogen-bond acceptors (Lipinski definition) is 17. The van der Waals surface area contributed by atoms with Crippen LogP contribution in [0.3, 0.4) is 0 Å². The molecule has 8 rings (SSSR count). The molecule has 0 amide bonds. The predicted molar refractivity (Wildman–Crippen MR) is 231 cm³/mol. The highest BCUT2D eigenvalue weighted by molar-refractivity contribution is 5.76. The van der Waals surface area contributed by atoms with Crippen LogP contribution in [-0.2, 0) is 33.2 Å². The molecule has 3 saturated heterocycles. The van der Waals surface area contributed by atoms with Crippen molar-refractivity contribution in [2.75, 3.05) is 19.8 Å². The summed E-state index contributed by atoms with van der Waals surface area (Å²) in [6, 6.07) is 0. The van der Waals surface area contributed by atoms with Crippen molar-refractivity contribution >= 4 is 5.97 Å². The lowest BCUT2D eigenvalue weighted by Crippen LogP contribution is -2.66. The van der Waals surface area contributed by atoms with Crippen molar-refractivity contribution < 1.29 is 89.4 Å². The van der Waals surface area contributed by atoms with Gasteiger partial charge in [-0.2, -0.15) is 0 Å². The predicted octanol–water partition coefficient (Wildman–Crippen LogP) is 0.706. The molecule has 4 saturated carbocycles. The van der Waals surface area contributed by atoms with Crippen LogP contribution in [-0.4, -0.2) is 180 Å². The highest BCUT2D eigenvalue weighted by Gasteiger charge is 2.70. The third-order valence-electron chi connectivity index (χ3n) is 19.4. The minimum atomic E-state index is -1.88. The van der Waals surface area contributed by atoms with E-state index < -0.39 is 135 Å². The van der Waals surface area contributed by atoms with E-state index in [1.165, 1.54) is 5.57 Å². The lowest BCUT2D eigenvalue weighted by molar-refractivity contribution is -0.375. The van der Waals surface area contributed by atoms with Gasteiger partial charge in [0, 0.05) is 0 Å². The second-order valence-corrected chi connectivity index (χ2v) is 23.5. The van der Waals surface area contributed by atoms with Gasteiger partial charge >= 0.3 is 5.97 Å². The molecule has 0 aromatic heterocycles. The molecule has 0 aromatic rings. The summed E-state index contributed by atoms with van der Waals surface area (Å²) in [5.41, 5.74) is 0.0102. The van der Waals surface area contributed by atoms with Crippen molar-refractivity contribution in [3.8, 4) is 0 Å². The van der Waals surface area contributed by atoms with Crippen molar-refractivity contribution in [1.29, 1.82) is 0 Å². The van der Waals surface area contributed by atoms with E-state index in [2.05, 4.69) is 54.5 Å². The summed E-state index contributed by atoms with van der Waals surface area (Å²) < 4.78 is 35.7. The molecule has 3 aliphatic heterocycles. The molecule has 18 heteroatoms. The largest absolute Gasteiger partial charge is 0.481 e. The smallest absolute Gasteiger partial charge is 0.310 e. The van der Waals surface area contributed by atoms with Gasteiger partial charge in [-0.3, -0.25) is 4.79 Å². The van der Waals surface area contributed by atoms with Gasteiger partial charge < -0.3 is 84.6 Å². The van der Waals surface area contributed by atoms with Gasteiger partial charge in [-0.15, -0.1) is 0 Å². The van der Waals surface area contributed by atoms with Crippen LogP contribution >= 0.6 is 0 Å². The summed E-state index contributed by atoms with van der Waals surface area (Å²) in [4.78, 5) is 13.1. The number of allylic oxidation sites excluding steroid dienone is 2. The fraction of sp³-hybridized carbons (Fsp3) is 0.938. The molecular formula is C48H78O18. The van der Waals surface area contributed by atoms with E-state index in [0.29, 0.717) is 25.2 Å². The van der Waals surface area contributed by atoms with Crippen LogP contribution in [0, 0.1) is 50.2 Å². The number of carboxylic acid groups (broad SMARTS) is 1. The molecular weight excluding hydrogens is 865 g/mol. The van der Waals surface area contributed by atoms with Crippen LogP contribution in [0.1, 0.15) is 113 Å². The molecule has 0 radical (unpaired) electrons. The molecule has 3 heterocycles. The SMILES string of the molecule is CC1(C)CC[C@]2(C(=O)O)CC[C@]3(C)C(=CC[C@@H]4[C@@]5(C)CC[C@H](O[C@@H]6O[C@H](CO[C@@H]7O[C@H](CO)[C@@H](O)[C@H](O)[C@H]7O[C@@H]7O[C@H](CO)[C@@H](O)[C@H](O)[C@H]7O)[C@@H](O)[C@H](O)[C@H]6O)C(C)(C)[C@@H]5CC[C@]43C)[C@@H]2C1. The molecule has 5 aliphatic carbocycles. The topological polar surface area (TPSA) is 295 Å². The Hall–Kier alpha value is -1.43. The van der Waals surface area contributed by atoms with E-state index in [-0.39, 0.29) is 33.5 Å².